The van der Waals surface area contributed by atoms with E-state index in [-0.39, 0.29) is 12.5 Å². The summed E-state index contributed by atoms with van der Waals surface area (Å²) in [5.41, 5.74) is 8.40. The Morgan fingerprint density at radius 3 is 2.83 bits per heavy atom. The first-order chi connectivity index (χ1) is 8.58. The van der Waals surface area contributed by atoms with Crippen LogP contribution in [0, 0.1) is 19.8 Å². The van der Waals surface area contributed by atoms with E-state index in [9.17, 15) is 4.79 Å². The van der Waals surface area contributed by atoms with Gasteiger partial charge >= 0.3 is 0 Å². The fourth-order valence-corrected chi connectivity index (χ4v) is 1.83. The van der Waals surface area contributed by atoms with Crippen molar-refractivity contribution in [1.29, 1.82) is 0 Å². The minimum Gasteiger partial charge on any atom is -0.483 e. The van der Waals surface area contributed by atoms with Crippen LogP contribution in [0.25, 0.3) is 0 Å². The molecule has 2 rings (SSSR count). The Hall–Kier alpha value is -1.71. The Kier molecular flexibility index (Phi) is 3.75. The van der Waals surface area contributed by atoms with Gasteiger partial charge in [-0.1, -0.05) is 6.07 Å². The molecule has 0 spiro atoms. The summed E-state index contributed by atoms with van der Waals surface area (Å²) in [7, 11) is 0. The smallest absolute Gasteiger partial charge is 0.257 e. The van der Waals surface area contributed by atoms with Gasteiger partial charge in [-0.05, 0) is 44.2 Å². The van der Waals surface area contributed by atoms with Gasteiger partial charge in [0, 0.05) is 17.8 Å². The molecule has 1 aromatic carbocycles. The molecule has 1 amide bonds. The van der Waals surface area contributed by atoms with E-state index in [1.54, 1.807) is 0 Å². The van der Waals surface area contributed by atoms with Crippen LogP contribution in [0.15, 0.2) is 12.1 Å². The van der Waals surface area contributed by atoms with Crippen LogP contribution in [-0.2, 0) is 4.79 Å². The van der Waals surface area contributed by atoms with Crippen molar-refractivity contribution in [2.24, 2.45) is 5.92 Å². The lowest BCUT2D eigenvalue weighted by molar-refractivity contribution is -0.123. The van der Waals surface area contributed by atoms with Crippen LogP contribution in [0.2, 0.25) is 0 Å². The second-order valence-corrected chi connectivity index (χ2v) is 4.96. The third kappa shape index (κ3) is 3.15. The van der Waals surface area contributed by atoms with Crippen molar-refractivity contribution in [3.8, 4) is 5.75 Å². The third-order valence-electron chi connectivity index (χ3n) is 3.28. The number of aryl methyl sites for hydroxylation is 1. The molecule has 0 radical (unpaired) electrons. The topological polar surface area (TPSA) is 64.3 Å². The Morgan fingerprint density at radius 1 is 1.44 bits per heavy atom. The number of hydrogen-bond donors (Lipinski definition) is 2. The summed E-state index contributed by atoms with van der Waals surface area (Å²) in [6.07, 6.45) is 2.46. The van der Waals surface area contributed by atoms with E-state index in [0.29, 0.717) is 11.6 Å². The second-order valence-electron chi connectivity index (χ2n) is 4.96. The lowest BCUT2D eigenvalue weighted by Crippen LogP contribution is -2.30. The zero-order valence-electron chi connectivity index (χ0n) is 11.0. The first kappa shape index (κ1) is 12.7. The van der Waals surface area contributed by atoms with Crippen molar-refractivity contribution < 1.29 is 9.53 Å². The highest BCUT2D eigenvalue weighted by Gasteiger charge is 2.21. The maximum atomic E-state index is 11.6. The molecule has 0 bridgehead atoms. The van der Waals surface area contributed by atoms with Crippen molar-refractivity contribution >= 4 is 11.6 Å². The number of nitrogen functional groups attached to an aromatic ring is 1. The summed E-state index contributed by atoms with van der Waals surface area (Å²) in [6.45, 7) is 4.68. The maximum Gasteiger partial charge on any atom is 0.257 e. The number of nitrogens with one attached hydrogen (secondary N) is 1. The van der Waals surface area contributed by atoms with Crippen LogP contribution in [0.3, 0.4) is 0 Å². The number of rotatable bonds is 5. The molecule has 4 heteroatoms. The molecule has 3 N–H and O–H groups in total. The van der Waals surface area contributed by atoms with Crippen LogP contribution in [0.5, 0.6) is 5.75 Å². The summed E-state index contributed by atoms with van der Waals surface area (Å²) >= 11 is 0. The summed E-state index contributed by atoms with van der Waals surface area (Å²) in [5, 5.41) is 2.87. The summed E-state index contributed by atoms with van der Waals surface area (Å²) in [6, 6.07) is 3.75. The first-order valence-electron chi connectivity index (χ1n) is 6.33. The van der Waals surface area contributed by atoms with Crippen LogP contribution >= 0.6 is 0 Å². The highest BCUT2D eigenvalue weighted by Crippen LogP contribution is 2.28. The van der Waals surface area contributed by atoms with E-state index in [2.05, 4.69) is 5.32 Å². The Morgan fingerprint density at radius 2 is 2.17 bits per heavy atom. The van der Waals surface area contributed by atoms with Crippen LogP contribution in [0.4, 0.5) is 5.69 Å². The second kappa shape index (κ2) is 5.29. The lowest BCUT2D eigenvalue weighted by Gasteiger charge is -2.13. The quantitative estimate of drug-likeness (QED) is 0.781. The number of carbonyl (C=O) groups is 1. The summed E-state index contributed by atoms with van der Waals surface area (Å²) in [4.78, 5) is 11.6. The molecule has 1 saturated carbocycles. The number of carbonyl (C=O) groups excluding carboxylic acids is 1. The average molecular weight is 248 g/mol. The van der Waals surface area contributed by atoms with E-state index < -0.39 is 0 Å². The van der Waals surface area contributed by atoms with Gasteiger partial charge in [-0.2, -0.15) is 0 Å². The van der Waals surface area contributed by atoms with Crippen molar-refractivity contribution in [3.63, 3.8) is 0 Å². The van der Waals surface area contributed by atoms with Gasteiger partial charge in [-0.3, -0.25) is 4.79 Å². The molecule has 0 aromatic heterocycles. The predicted octanol–water partition coefficient (Wildman–Crippen LogP) is 1.79. The Labute approximate surface area is 108 Å². The number of hydrogen-bond acceptors (Lipinski definition) is 3. The van der Waals surface area contributed by atoms with Crippen LogP contribution in [-0.4, -0.2) is 19.1 Å². The maximum absolute atomic E-state index is 11.6. The monoisotopic (exact) mass is 248 g/mol. The van der Waals surface area contributed by atoms with Gasteiger partial charge in [0.2, 0.25) is 0 Å². The third-order valence-corrected chi connectivity index (χ3v) is 3.28. The zero-order valence-corrected chi connectivity index (χ0v) is 11.0. The van der Waals surface area contributed by atoms with Gasteiger partial charge in [0.25, 0.3) is 5.91 Å². The summed E-state index contributed by atoms with van der Waals surface area (Å²) in [5.74, 6) is 1.34. The van der Waals surface area contributed by atoms with Crippen molar-refractivity contribution in [2.75, 3.05) is 18.9 Å². The highest BCUT2D eigenvalue weighted by atomic mass is 16.5. The van der Waals surface area contributed by atoms with Gasteiger partial charge in [-0.15, -0.1) is 0 Å². The molecule has 18 heavy (non-hydrogen) atoms. The SMILES string of the molecule is Cc1ccc(N)c(C)c1OCC(=O)NCC1CC1. The highest BCUT2D eigenvalue weighted by molar-refractivity contribution is 5.77. The van der Waals surface area contributed by atoms with Crippen molar-refractivity contribution in [3.05, 3.63) is 23.3 Å². The van der Waals surface area contributed by atoms with E-state index in [0.717, 1.165) is 23.4 Å². The molecular formula is C14H20N2O2. The van der Waals surface area contributed by atoms with Gasteiger partial charge < -0.3 is 15.8 Å². The predicted molar refractivity (Wildman–Crippen MR) is 71.6 cm³/mol. The molecule has 0 unspecified atom stereocenters. The number of anilines is 1. The van der Waals surface area contributed by atoms with E-state index >= 15 is 0 Å². The molecule has 1 aromatic rings. The molecule has 1 fully saturated rings. The molecule has 1 aliphatic rings. The van der Waals surface area contributed by atoms with Gasteiger partial charge in [-0.25, -0.2) is 0 Å². The van der Waals surface area contributed by atoms with Crippen LogP contribution in [0.1, 0.15) is 24.0 Å². The number of nitrogens with two attached hydrogens (primary N) is 1. The normalized spacial score (nSPS) is 14.3. The first-order valence-corrected chi connectivity index (χ1v) is 6.33. The standard InChI is InChI=1S/C14H20N2O2/c1-9-3-6-12(15)10(2)14(9)18-8-13(17)16-7-11-4-5-11/h3,6,11H,4-5,7-8,15H2,1-2H3,(H,16,17). The fraction of sp³-hybridized carbons (Fsp3) is 0.500. The van der Waals surface area contributed by atoms with Crippen molar-refractivity contribution in [2.45, 2.75) is 26.7 Å². The molecule has 0 aliphatic heterocycles. The largest absolute Gasteiger partial charge is 0.483 e. The molecule has 0 saturated heterocycles. The van der Waals surface area contributed by atoms with Gasteiger partial charge in [0.05, 0.1) is 0 Å². The molecule has 4 nitrogen and oxygen atoms in total. The molecule has 0 atom stereocenters. The Bertz CT molecular complexity index is 453. The van der Waals surface area contributed by atoms with E-state index in [1.807, 2.05) is 26.0 Å². The minimum atomic E-state index is -0.0666. The number of benzene rings is 1. The zero-order chi connectivity index (χ0) is 13.1. The van der Waals surface area contributed by atoms with Crippen LogP contribution < -0.4 is 15.8 Å². The molecule has 1 aliphatic carbocycles. The van der Waals surface area contributed by atoms with Gasteiger partial charge in [0.1, 0.15) is 5.75 Å². The van der Waals surface area contributed by atoms with E-state index in [4.69, 9.17) is 10.5 Å². The average Bonchev–Trinajstić information content (AvgIpc) is 3.15. The van der Waals surface area contributed by atoms with Crippen molar-refractivity contribution in [1.82, 2.24) is 5.32 Å². The number of amides is 1. The minimum absolute atomic E-state index is 0.0534. The number of ether oxygens (including phenoxy) is 1. The molecular weight excluding hydrogens is 228 g/mol. The Balaban J connectivity index is 1.88. The lowest BCUT2D eigenvalue weighted by atomic mass is 10.1. The summed E-state index contributed by atoms with van der Waals surface area (Å²) < 4.78 is 5.57. The van der Waals surface area contributed by atoms with Gasteiger partial charge in [0.15, 0.2) is 6.61 Å². The van der Waals surface area contributed by atoms with E-state index in [1.165, 1.54) is 12.8 Å². The molecule has 0 heterocycles. The fourth-order valence-electron chi connectivity index (χ4n) is 1.83. The molecule has 98 valence electrons.